The Morgan fingerprint density at radius 2 is 1.81 bits per heavy atom. The van der Waals surface area contributed by atoms with Crippen LogP contribution in [0.5, 0.6) is 0 Å². The minimum absolute atomic E-state index is 0.131. The Labute approximate surface area is 150 Å². The number of aromatic nitrogens is 1. The molecule has 2 saturated heterocycles. The number of carbonyl (C=O) groups is 3. The van der Waals surface area contributed by atoms with Crippen molar-refractivity contribution in [3.05, 3.63) is 33.2 Å². The maximum atomic E-state index is 13.0. The summed E-state index contributed by atoms with van der Waals surface area (Å²) in [6, 6.07) is -0.564. The second kappa shape index (κ2) is 6.35. The number of pyridine rings is 1. The molecule has 4 heterocycles. The van der Waals surface area contributed by atoms with Gasteiger partial charge in [-0.2, -0.15) is 0 Å². The fraction of sp³-hybridized carbons (Fsp3) is 0.556. The summed E-state index contributed by atoms with van der Waals surface area (Å²) in [5.41, 5.74) is 1.52. The highest BCUT2D eigenvalue weighted by Gasteiger charge is 2.41. The number of fused-ring (bicyclic) bond motifs is 1. The zero-order chi connectivity index (χ0) is 18.4. The van der Waals surface area contributed by atoms with E-state index in [0.717, 1.165) is 31.5 Å². The Balaban J connectivity index is 1.68. The molecular formula is C18H22N4O4. The number of nitrogens with one attached hydrogen (secondary N) is 2. The highest BCUT2D eigenvalue weighted by atomic mass is 16.2. The molecule has 2 fully saturated rings. The number of rotatable bonds is 2. The number of nitrogens with zero attached hydrogens (tertiary/aromatic N) is 2. The first-order valence-corrected chi connectivity index (χ1v) is 9.07. The predicted molar refractivity (Wildman–Crippen MR) is 92.6 cm³/mol. The van der Waals surface area contributed by atoms with Crippen molar-refractivity contribution < 1.29 is 14.4 Å². The van der Waals surface area contributed by atoms with Gasteiger partial charge in [0.2, 0.25) is 11.8 Å². The van der Waals surface area contributed by atoms with Crippen LogP contribution in [-0.4, -0.2) is 46.3 Å². The van der Waals surface area contributed by atoms with Crippen LogP contribution in [0.1, 0.15) is 53.2 Å². The van der Waals surface area contributed by atoms with E-state index >= 15 is 0 Å². The first kappa shape index (κ1) is 17.0. The third kappa shape index (κ3) is 2.65. The summed E-state index contributed by atoms with van der Waals surface area (Å²) >= 11 is 0. The smallest absolute Gasteiger partial charge is 0.256 e. The van der Waals surface area contributed by atoms with Crippen molar-refractivity contribution in [2.24, 2.45) is 0 Å². The third-order valence-electron chi connectivity index (χ3n) is 5.61. The van der Waals surface area contributed by atoms with E-state index in [0.29, 0.717) is 17.5 Å². The molecule has 1 atom stereocenters. The maximum Gasteiger partial charge on any atom is 0.256 e. The van der Waals surface area contributed by atoms with Crippen molar-refractivity contribution in [2.75, 3.05) is 13.1 Å². The normalized spacial score (nSPS) is 24.0. The van der Waals surface area contributed by atoms with Crippen LogP contribution in [0.4, 0.5) is 0 Å². The summed E-state index contributed by atoms with van der Waals surface area (Å²) < 4.78 is 1.76. The molecule has 8 heteroatoms. The van der Waals surface area contributed by atoms with Crippen LogP contribution in [-0.2, 0) is 16.1 Å². The number of hydrogen-bond acceptors (Lipinski definition) is 5. The van der Waals surface area contributed by atoms with Gasteiger partial charge in [0.25, 0.3) is 11.5 Å². The van der Waals surface area contributed by atoms with Gasteiger partial charge < -0.3 is 14.8 Å². The number of carbonyl (C=O) groups excluding carboxylic acids is 3. The van der Waals surface area contributed by atoms with Gasteiger partial charge in [-0.1, -0.05) is 0 Å². The van der Waals surface area contributed by atoms with Crippen LogP contribution in [0.3, 0.4) is 0 Å². The molecule has 0 aliphatic carbocycles. The summed E-state index contributed by atoms with van der Waals surface area (Å²) in [7, 11) is 0. The molecular weight excluding hydrogens is 336 g/mol. The Hall–Kier alpha value is -2.48. The van der Waals surface area contributed by atoms with Crippen molar-refractivity contribution in [3.8, 4) is 0 Å². The van der Waals surface area contributed by atoms with Gasteiger partial charge in [0.1, 0.15) is 6.04 Å². The molecule has 3 aliphatic heterocycles. The molecule has 3 amide bonds. The minimum Gasteiger partial charge on any atom is -0.322 e. The Morgan fingerprint density at radius 1 is 1.08 bits per heavy atom. The molecule has 138 valence electrons. The average Bonchev–Trinajstić information content (AvgIpc) is 2.97. The van der Waals surface area contributed by atoms with E-state index < -0.39 is 11.9 Å². The lowest BCUT2D eigenvalue weighted by molar-refractivity contribution is -0.136. The zero-order valence-electron chi connectivity index (χ0n) is 14.7. The molecule has 0 saturated carbocycles. The van der Waals surface area contributed by atoms with Gasteiger partial charge in [-0.05, 0) is 44.8 Å². The summed E-state index contributed by atoms with van der Waals surface area (Å²) in [4.78, 5) is 50.9. The summed E-state index contributed by atoms with van der Waals surface area (Å²) in [6.45, 7) is 3.71. The van der Waals surface area contributed by atoms with Crippen LogP contribution < -0.4 is 16.2 Å². The van der Waals surface area contributed by atoms with Crippen molar-refractivity contribution in [2.45, 2.75) is 51.2 Å². The van der Waals surface area contributed by atoms with E-state index in [2.05, 4.69) is 10.6 Å². The van der Waals surface area contributed by atoms with E-state index in [-0.39, 0.29) is 36.4 Å². The summed E-state index contributed by atoms with van der Waals surface area (Å²) in [6.07, 6.45) is 4.04. The lowest BCUT2D eigenvalue weighted by Gasteiger charge is -2.29. The number of hydrogen-bond donors (Lipinski definition) is 2. The van der Waals surface area contributed by atoms with E-state index in [1.54, 1.807) is 10.8 Å². The molecule has 26 heavy (non-hydrogen) atoms. The molecule has 1 aromatic rings. The second-order valence-corrected chi connectivity index (χ2v) is 7.26. The molecule has 8 nitrogen and oxygen atoms in total. The summed E-state index contributed by atoms with van der Waals surface area (Å²) in [5.74, 6) is -1.07. The van der Waals surface area contributed by atoms with Crippen molar-refractivity contribution in [3.63, 3.8) is 0 Å². The van der Waals surface area contributed by atoms with E-state index in [1.807, 2.05) is 6.92 Å². The van der Waals surface area contributed by atoms with Crippen molar-refractivity contribution in [1.82, 2.24) is 20.1 Å². The molecule has 0 aromatic carbocycles. The number of amides is 3. The van der Waals surface area contributed by atoms with Gasteiger partial charge in [-0.3, -0.25) is 24.5 Å². The molecule has 0 spiro atoms. The number of imide groups is 1. The van der Waals surface area contributed by atoms with Crippen molar-refractivity contribution in [1.29, 1.82) is 0 Å². The molecule has 1 aromatic heterocycles. The van der Waals surface area contributed by atoms with Crippen molar-refractivity contribution >= 4 is 17.7 Å². The van der Waals surface area contributed by atoms with Crippen LogP contribution in [0.2, 0.25) is 0 Å². The lowest BCUT2D eigenvalue weighted by atomic mass is 10.0. The van der Waals surface area contributed by atoms with Crippen LogP contribution >= 0.6 is 0 Å². The quantitative estimate of drug-likeness (QED) is 0.716. The van der Waals surface area contributed by atoms with Gasteiger partial charge in [0.15, 0.2) is 0 Å². The first-order valence-electron chi connectivity index (χ1n) is 9.07. The molecule has 3 aliphatic rings. The van der Waals surface area contributed by atoms with Gasteiger partial charge in [-0.15, -0.1) is 0 Å². The first-order chi connectivity index (χ1) is 12.5. The molecule has 0 radical (unpaired) electrons. The van der Waals surface area contributed by atoms with E-state index in [4.69, 9.17) is 0 Å². The SMILES string of the molecule is Cc1cn(C2CCNCC2)c(=O)c2c1C(=O)N([C@H]1CCC(=O)NC1=O)C2. The highest BCUT2D eigenvalue weighted by molar-refractivity contribution is 6.05. The van der Waals surface area contributed by atoms with E-state index in [9.17, 15) is 19.2 Å². The molecule has 0 bridgehead atoms. The monoisotopic (exact) mass is 358 g/mol. The van der Waals surface area contributed by atoms with Gasteiger partial charge >= 0.3 is 0 Å². The van der Waals surface area contributed by atoms with Crippen LogP contribution in [0.15, 0.2) is 11.0 Å². The number of aryl methyl sites for hydroxylation is 1. The second-order valence-electron chi connectivity index (χ2n) is 7.26. The van der Waals surface area contributed by atoms with E-state index in [1.165, 1.54) is 4.90 Å². The topological polar surface area (TPSA) is 101 Å². The Kier molecular flexibility index (Phi) is 4.14. The Bertz CT molecular complexity index is 853. The third-order valence-corrected chi connectivity index (χ3v) is 5.61. The fourth-order valence-electron chi connectivity index (χ4n) is 4.25. The average molecular weight is 358 g/mol. The van der Waals surface area contributed by atoms with Gasteiger partial charge in [0, 0.05) is 24.2 Å². The number of piperidine rings is 2. The molecule has 4 rings (SSSR count). The fourth-order valence-corrected chi connectivity index (χ4v) is 4.25. The van der Waals surface area contributed by atoms with Crippen LogP contribution in [0.25, 0.3) is 0 Å². The largest absolute Gasteiger partial charge is 0.322 e. The minimum atomic E-state index is -0.696. The summed E-state index contributed by atoms with van der Waals surface area (Å²) in [5, 5.41) is 5.57. The zero-order valence-corrected chi connectivity index (χ0v) is 14.7. The Morgan fingerprint density at radius 3 is 2.50 bits per heavy atom. The standard InChI is InChI=1S/C18H22N4O4/c1-10-8-21(11-4-6-19-7-5-11)17(25)12-9-22(18(26)15(10)12)13-2-3-14(23)20-16(13)24/h8,11,13,19H,2-7,9H2,1H3,(H,20,23,24)/t13-/m0/s1. The van der Waals surface area contributed by atoms with Crippen LogP contribution in [0, 0.1) is 6.92 Å². The van der Waals surface area contributed by atoms with Gasteiger partial charge in [-0.25, -0.2) is 0 Å². The predicted octanol–water partition coefficient (Wildman–Crippen LogP) is -0.158. The molecule has 2 N–H and O–H groups in total. The lowest BCUT2D eigenvalue weighted by Crippen LogP contribution is -2.52. The van der Waals surface area contributed by atoms with Gasteiger partial charge in [0.05, 0.1) is 12.1 Å². The highest BCUT2D eigenvalue weighted by Crippen LogP contribution is 2.29. The molecule has 0 unspecified atom stereocenters. The maximum absolute atomic E-state index is 13.0.